The smallest absolute Gasteiger partial charge is 0.387 e. The van der Waals surface area contributed by atoms with Crippen LogP contribution < -0.4 is 9.47 Å². The first-order chi connectivity index (χ1) is 13.0. The summed E-state index contributed by atoms with van der Waals surface area (Å²) in [5.74, 6) is 0.390. The average molecular weight is 376 g/mol. The van der Waals surface area contributed by atoms with Crippen molar-refractivity contribution in [1.29, 1.82) is 0 Å². The molecule has 4 rings (SSSR count). The fourth-order valence-corrected chi connectivity index (χ4v) is 3.50. The molecule has 7 heteroatoms. The highest BCUT2D eigenvalue weighted by molar-refractivity contribution is 5.69. The zero-order valence-corrected chi connectivity index (χ0v) is 15.0. The standard InChI is InChI=1S/C20H19F3N2O2/c1-11-17(26-2)6-13(7-18(11)27-20(22)23)16-9-24-19-8-14(12-4-3-5-12)15(21)10-25(16)19/h6-10,12,20H,3-5H2,1-2H3. The summed E-state index contributed by atoms with van der Waals surface area (Å²) in [7, 11) is 1.46. The normalized spacial score (nSPS) is 14.6. The lowest BCUT2D eigenvalue weighted by molar-refractivity contribution is -0.0503. The van der Waals surface area contributed by atoms with E-state index in [9.17, 15) is 13.2 Å². The third kappa shape index (κ3) is 3.11. The quantitative estimate of drug-likeness (QED) is 0.604. The number of pyridine rings is 1. The molecule has 2 aromatic heterocycles. The van der Waals surface area contributed by atoms with Gasteiger partial charge in [-0.3, -0.25) is 4.40 Å². The lowest BCUT2D eigenvalue weighted by Gasteiger charge is -2.26. The third-order valence-corrected chi connectivity index (χ3v) is 5.22. The Morgan fingerprint density at radius 1 is 1.19 bits per heavy atom. The van der Waals surface area contributed by atoms with Gasteiger partial charge in [0.25, 0.3) is 0 Å². The second-order valence-corrected chi connectivity index (χ2v) is 6.76. The van der Waals surface area contributed by atoms with Crippen molar-refractivity contribution in [3.05, 3.63) is 47.5 Å². The molecule has 0 amide bonds. The Kier molecular flexibility index (Phi) is 4.45. The largest absolute Gasteiger partial charge is 0.496 e. The summed E-state index contributed by atoms with van der Waals surface area (Å²) in [6.07, 6.45) is 6.10. The average Bonchev–Trinajstić information content (AvgIpc) is 2.98. The van der Waals surface area contributed by atoms with Gasteiger partial charge in [0.15, 0.2) is 0 Å². The summed E-state index contributed by atoms with van der Waals surface area (Å²) in [5, 5.41) is 0. The molecule has 0 aliphatic heterocycles. The molecule has 0 radical (unpaired) electrons. The molecule has 1 fully saturated rings. The van der Waals surface area contributed by atoms with Crippen LogP contribution in [-0.4, -0.2) is 23.1 Å². The monoisotopic (exact) mass is 376 g/mol. The minimum atomic E-state index is -2.95. The number of ether oxygens (including phenoxy) is 2. The number of alkyl halides is 2. The second-order valence-electron chi connectivity index (χ2n) is 6.76. The van der Waals surface area contributed by atoms with Gasteiger partial charge in [0.2, 0.25) is 0 Å². The molecule has 142 valence electrons. The number of imidazole rings is 1. The summed E-state index contributed by atoms with van der Waals surface area (Å²) >= 11 is 0. The van der Waals surface area contributed by atoms with Crippen molar-refractivity contribution in [2.75, 3.05) is 7.11 Å². The number of nitrogens with zero attached hydrogens (tertiary/aromatic N) is 2. The molecule has 1 saturated carbocycles. The summed E-state index contributed by atoms with van der Waals surface area (Å²) in [6.45, 7) is -1.31. The minimum absolute atomic E-state index is 0.0147. The van der Waals surface area contributed by atoms with E-state index in [1.165, 1.54) is 19.4 Å². The zero-order chi connectivity index (χ0) is 19.1. The topological polar surface area (TPSA) is 35.8 Å². The van der Waals surface area contributed by atoms with E-state index in [0.29, 0.717) is 33.8 Å². The summed E-state index contributed by atoms with van der Waals surface area (Å²) in [4.78, 5) is 4.37. The van der Waals surface area contributed by atoms with Crippen LogP contribution in [0.15, 0.2) is 30.6 Å². The second kappa shape index (κ2) is 6.79. The van der Waals surface area contributed by atoms with Gasteiger partial charge < -0.3 is 9.47 Å². The van der Waals surface area contributed by atoms with Crippen LogP contribution in [0.3, 0.4) is 0 Å². The number of hydrogen-bond acceptors (Lipinski definition) is 3. The summed E-state index contributed by atoms with van der Waals surface area (Å²) < 4.78 is 51.6. The Balaban J connectivity index is 1.83. The van der Waals surface area contributed by atoms with Crippen molar-refractivity contribution in [3.8, 4) is 22.8 Å². The van der Waals surface area contributed by atoms with E-state index in [1.807, 2.05) is 0 Å². The van der Waals surface area contributed by atoms with Gasteiger partial charge in [-0.05, 0) is 49.4 Å². The number of aromatic nitrogens is 2. The van der Waals surface area contributed by atoms with Crippen molar-refractivity contribution in [2.24, 2.45) is 0 Å². The first-order valence-electron chi connectivity index (χ1n) is 8.78. The van der Waals surface area contributed by atoms with Crippen molar-refractivity contribution in [1.82, 2.24) is 9.38 Å². The molecule has 0 atom stereocenters. The van der Waals surface area contributed by atoms with Gasteiger partial charge in [-0.25, -0.2) is 9.37 Å². The fraction of sp³-hybridized carbons (Fsp3) is 0.350. The summed E-state index contributed by atoms with van der Waals surface area (Å²) in [6, 6.07) is 4.96. The first kappa shape index (κ1) is 17.7. The molecule has 0 bridgehead atoms. The molecule has 0 saturated heterocycles. The summed E-state index contributed by atoms with van der Waals surface area (Å²) in [5.41, 5.74) is 2.89. The number of methoxy groups -OCH3 is 1. The van der Waals surface area contributed by atoms with Crippen LogP contribution in [0.25, 0.3) is 16.9 Å². The van der Waals surface area contributed by atoms with Crippen LogP contribution in [0.1, 0.15) is 36.3 Å². The highest BCUT2D eigenvalue weighted by Gasteiger charge is 2.24. The van der Waals surface area contributed by atoms with Gasteiger partial charge in [0, 0.05) is 17.3 Å². The molecular formula is C20H19F3N2O2. The fourth-order valence-electron chi connectivity index (χ4n) is 3.50. The molecule has 2 heterocycles. The van der Waals surface area contributed by atoms with Gasteiger partial charge in [0.1, 0.15) is 23.0 Å². The Bertz CT molecular complexity index is 997. The van der Waals surface area contributed by atoms with E-state index in [2.05, 4.69) is 9.72 Å². The van der Waals surface area contributed by atoms with Crippen LogP contribution in [-0.2, 0) is 0 Å². The van der Waals surface area contributed by atoms with E-state index < -0.39 is 6.61 Å². The van der Waals surface area contributed by atoms with Crippen LogP contribution in [0.4, 0.5) is 13.2 Å². The maximum absolute atomic E-state index is 14.6. The molecule has 1 aliphatic rings. The molecule has 27 heavy (non-hydrogen) atoms. The van der Waals surface area contributed by atoms with Gasteiger partial charge in [0.05, 0.1) is 19.0 Å². The highest BCUT2D eigenvalue weighted by atomic mass is 19.3. The van der Waals surface area contributed by atoms with E-state index in [0.717, 1.165) is 19.3 Å². The zero-order valence-electron chi connectivity index (χ0n) is 15.0. The molecular weight excluding hydrogens is 357 g/mol. The van der Waals surface area contributed by atoms with E-state index in [4.69, 9.17) is 4.74 Å². The molecule has 4 nitrogen and oxygen atoms in total. The number of halogens is 3. The van der Waals surface area contributed by atoms with Crippen molar-refractivity contribution in [3.63, 3.8) is 0 Å². The molecule has 1 aliphatic carbocycles. The predicted octanol–water partition coefficient (Wildman–Crippen LogP) is 5.33. The van der Waals surface area contributed by atoms with Gasteiger partial charge in [-0.2, -0.15) is 8.78 Å². The van der Waals surface area contributed by atoms with Crippen molar-refractivity contribution < 1.29 is 22.6 Å². The maximum atomic E-state index is 14.6. The lowest BCUT2D eigenvalue weighted by Crippen LogP contribution is -2.11. The first-order valence-corrected chi connectivity index (χ1v) is 8.78. The SMILES string of the molecule is COc1cc(-c2cnc3cc(C4CCC4)c(F)cn23)cc(OC(F)F)c1C. The number of hydrogen-bond donors (Lipinski definition) is 0. The van der Waals surface area contributed by atoms with Crippen LogP contribution >= 0.6 is 0 Å². The number of rotatable bonds is 5. The molecule has 0 unspecified atom stereocenters. The van der Waals surface area contributed by atoms with Crippen LogP contribution in [0.5, 0.6) is 11.5 Å². The number of benzene rings is 1. The van der Waals surface area contributed by atoms with Gasteiger partial charge in [-0.1, -0.05) is 6.42 Å². The van der Waals surface area contributed by atoms with E-state index in [-0.39, 0.29) is 17.5 Å². The molecule has 0 N–H and O–H groups in total. The van der Waals surface area contributed by atoms with Gasteiger partial charge >= 0.3 is 6.61 Å². The van der Waals surface area contributed by atoms with Crippen molar-refractivity contribution in [2.45, 2.75) is 38.7 Å². The maximum Gasteiger partial charge on any atom is 0.387 e. The number of fused-ring (bicyclic) bond motifs is 1. The van der Waals surface area contributed by atoms with E-state index >= 15 is 0 Å². The molecule has 1 aromatic carbocycles. The Hall–Kier alpha value is -2.70. The van der Waals surface area contributed by atoms with E-state index in [1.54, 1.807) is 29.7 Å². The molecule has 0 spiro atoms. The lowest BCUT2D eigenvalue weighted by atomic mass is 9.80. The Morgan fingerprint density at radius 2 is 1.93 bits per heavy atom. The molecule has 3 aromatic rings. The highest BCUT2D eigenvalue weighted by Crippen LogP contribution is 2.39. The minimum Gasteiger partial charge on any atom is -0.496 e. The Labute approximate surface area is 154 Å². The van der Waals surface area contributed by atoms with Gasteiger partial charge in [-0.15, -0.1) is 0 Å². The third-order valence-electron chi connectivity index (χ3n) is 5.22. The Morgan fingerprint density at radius 3 is 2.56 bits per heavy atom. The van der Waals surface area contributed by atoms with Crippen LogP contribution in [0, 0.1) is 12.7 Å². The predicted molar refractivity (Wildman–Crippen MR) is 95.1 cm³/mol. The van der Waals surface area contributed by atoms with Crippen LogP contribution in [0.2, 0.25) is 0 Å². The van der Waals surface area contributed by atoms with Crippen molar-refractivity contribution >= 4 is 5.65 Å².